The van der Waals surface area contributed by atoms with Gasteiger partial charge in [-0.25, -0.2) is 0 Å². The van der Waals surface area contributed by atoms with Gasteiger partial charge in [0.05, 0.1) is 28.1 Å². The van der Waals surface area contributed by atoms with E-state index in [-0.39, 0.29) is 10.8 Å². The first kappa shape index (κ1) is 45.2. The number of aromatic nitrogens is 1. The van der Waals surface area contributed by atoms with Crippen molar-refractivity contribution in [3.63, 3.8) is 0 Å². The molecule has 0 saturated carbocycles. The van der Waals surface area contributed by atoms with Crippen molar-refractivity contribution in [2.45, 2.75) is 52.4 Å². The molecule has 2 nitrogen and oxygen atoms in total. The van der Waals surface area contributed by atoms with Crippen molar-refractivity contribution in [3.05, 3.63) is 254 Å². The molecular weight excluding hydrogens is 893 g/mol. The minimum absolute atomic E-state index is 0.0205. The zero-order chi connectivity index (χ0) is 50.3. The smallest absolute Gasteiger partial charge is 0.0541 e. The summed E-state index contributed by atoms with van der Waals surface area (Å²) < 4.78 is 2.53. The monoisotopic (exact) mass is 950 g/mol. The lowest BCUT2D eigenvalue weighted by Gasteiger charge is -2.30. The van der Waals surface area contributed by atoms with Crippen LogP contribution in [0.2, 0.25) is 0 Å². The quantitative estimate of drug-likeness (QED) is 0.138. The largest absolute Gasteiger partial charge is 0.309 e. The molecule has 0 aliphatic rings. The van der Waals surface area contributed by atoms with Gasteiger partial charge in [-0.3, -0.25) is 0 Å². The summed E-state index contributed by atoms with van der Waals surface area (Å²) in [6, 6.07) is 90.3. The van der Waals surface area contributed by atoms with Gasteiger partial charge in [-0.2, -0.15) is 0 Å². The van der Waals surface area contributed by atoms with E-state index in [0.717, 1.165) is 22.6 Å². The van der Waals surface area contributed by atoms with Crippen molar-refractivity contribution in [2.75, 3.05) is 4.90 Å². The number of benzene rings is 12. The number of fused-ring (bicyclic) bond motifs is 3. The van der Waals surface area contributed by atoms with Crippen molar-refractivity contribution in [2.24, 2.45) is 0 Å². The minimum atomic E-state index is 0.0205. The topological polar surface area (TPSA) is 8.17 Å². The van der Waals surface area contributed by atoms with Crippen LogP contribution in [0, 0.1) is 0 Å². The number of anilines is 3. The van der Waals surface area contributed by atoms with Crippen LogP contribution in [-0.2, 0) is 10.8 Å². The molecule has 0 aliphatic carbocycles. The summed E-state index contributed by atoms with van der Waals surface area (Å²) in [5.41, 5.74) is 19.2. The van der Waals surface area contributed by atoms with Gasteiger partial charge in [0.2, 0.25) is 0 Å². The summed E-state index contributed by atoms with van der Waals surface area (Å²) in [6.45, 7) is 13.9. The van der Waals surface area contributed by atoms with E-state index in [9.17, 15) is 0 Å². The van der Waals surface area contributed by atoms with Crippen molar-refractivity contribution in [3.8, 4) is 50.2 Å². The van der Waals surface area contributed by atoms with Crippen LogP contribution >= 0.6 is 0 Å². The highest BCUT2D eigenvalue weighted by molar-refractivity contribution is 6.27. The van der Waals surface area contributed by atoms with Gasteiger partial charge >= 0.3 is 0 Å². The lowest BCUT2D eigenvalue weighted by atomic mass is 9.85. The third-order valence-corrected chi connectivity index (χ3v) is 15.5. The van der Waals surface area contributed by atoms with Crippen molar-refractivity contribution < 1.29 is 0 Å². The molecule has 1 aromatic heterocycles. The highest BCUT2D eigenvalue weighted by atomic mass is 15.1. The SMILES string of the molecule is CC(C)(C)c1ccc2c(c1)c1cc(C(C)(C)C)ccc1n2-c1ccc2ccc3c(N(c4ccc(-c5ccc(-c6ccccc6)cc5)cc4)c4ccccc4-c4cccc(-c5ccccc5)c4)ccc4ccc1c2c43. The van der Waals surface area contributed by atoms with E-state index < -0.39 is 0 Å². The molecule has 13 aromatic rings. The van der Waals surface area contributed by atoms with Gasteiger partial charge in [-0.05, 0) is 143 Å². The summed E-state index contributed by atoms with van der Waals surface area (Å²) in [5.74, 6) is 0. The Morgan fingerprint density at radius 1 is 0.311 bits per heavy atom. The zero-order valence-corrected chi connectivity index (χ0v) is 43.0. The fourth-order valence-electron chi connectivity index (χ4n) is 11.5. The van der Waals surface area contributed by atoms with E-state index in [0.29, 0.717) is 0 Å². The zero-order valence-electron chi connectivity index (χ0n) is 43.0. The lowest BCUT2D eigenvalue weighted by Crippen LogP contribution is -2.12. The maximum absolute atomic E-state index is 2.53. The molecule has 0 amide bonds. The third-order valence-electron chi connectivity index (χ3n) is 15.5. The predicted molar refractivity (Wildman–Crippen MR) is 318 cm³/mol. The maximum atomic E-state index is 2.53. The minimum Gasteiger partial charge on any atom is -0.309 e. The molecule has 0 unspecified atom stereocenters. The second-order valence-corrected chi connectivity index (χ2v) is 22.2. The molecule has 0 saturated heterocycles. The van der Waals surface area contributed by atoms with E-state index in [4.69, 9.17) is 0 Å². The number of rotatable bonds is 8. The molecule has 0 aliphatic heterocycles. The first-order valence-corrected chi connectivity index (χ1v) is 26.1. The maximum Gasteiger partial charge on any atom is 0.0541 e. The van der Waals surface area contributed by atoms with Crippen molar-refractivity contribution >= 4 is 71.2 Å². The molecule has 74 heavy (non-hydrogen) atoms. The highest BCUT2D eigenvalue weighted by Crippen LogP contribution is 2.49. The van der Waals surface area contributed by atoms with Gasteiger partial charge in [0, 0.05) is 32.8 Å². The van der Waals surface area contributed by atoms with Gasteiger partial charge in [-0.15, -0.1) is 0 Å². The van der Waals surface area contributed by atoms with Crippen LogP contribution < -0.4 is 4.90 Å². The molecule has 0 spiro atoms. The second kappa shape index (κ2) is 17.5. The molecule has 0 bridgehead atoms. The first-order chi connectivity index (χ1) is 36.0. The molecule has 12 aromatic carbocycles. The molecule has 0 fully saturated rings. The van der Waals surface area contributed by atoms with Crippen LogP contribution in [0.3, 0.4) is 0 Å². The van der Waals surface area contributed by atoms with E-state index in [2.05, 4.69) is 294 Å². The summed E-state index contributed by atoms with van der Waals surface area (Å²) >= 11 is 0. The number of para-hydroxylation sites is 1. The standard InChI is InChI=1S/C72H58N2/c1-71(2,3)56-34-42-67-62(45-56)63-46-57(72(4,5)6)35-43-68(63)74(67)66-41-33-53-30-38-60-65(40-32-52-31-39-61(66)70(53)69(52)60)73(58-36-28-51(29-37-58)50-26-24-49(25-27-50)47-16-9-7-10-17-47)64-23-14-13-22-59(64)55-21-15-20-54(44-55)48-18-11-8-12-19-48/h7-46H,1-6H3. The van der Waals surface area contributed by atoms with E-state index in [1.54, 1.807) is 0 Å². The molecule has 13 rings (SSSR count). The highest BCUT2D eigenvalue weighted by Gasteiger charge is 2.25. The molecule has 0 atom stereocenters. The van der Waals surface area contributed by atoms with Crippen LogP contribution in [0.4, 0.5) is 17.1 Å². The van der Waals surface area contributed by atoms with Crippen molar-refractivity contribution in [1.82, 2.24) is 4.57 Å². The Morgan fingerprint density at radius 2 is 0.770 bits per heavy atom. The Hall–Kier alpha value is -8.72. The fraction of sp³-hybridized carbons (Fsp3) is 0.111. The van der Waals surface area contributed by atoms with Gasteiger partial charge in [0.1, 0.15) is 0 Å². The number of hydrogen-bond acceptors (Lipinski definition) is 1. The van der Waals surface area contributed by atoms with Crippen LogP contribution in [0.25, 0.3) is 104 Å². The lowest BCUT2D eigenvalue weighted by molar-refractivity contribution is 0.590. The molecule has 356 valence electrons. The van der Waals surface area contributed by atoms with E-state index in [1.165, 1.54) is 110 Å². The van der Waals surface area contributed by atoms with Crippen LogP contribution in [-0.4, -0.2) is 4.57 Å². The second-order valence-electron chi connectivity index (χ2n) is 22.2. The Kier molecular flexibility index (Phi) is 10.7. The van der Waals surface area contributed by atoms with Crippen molar-refractivity contribution in [1.29, 1.82) is 0 Å². The molecule has 2 heteroatoms. The number of hydrogen-bond donors (Lipinski definition) is 0. The van der Waals surface area contributed by atoms with E-state index >= 15 is 0 Å². The van der Waals surface area contributed by atoms with Gasteiger partial charge < -0.3 is 9.47 Å². The predicted octanol–water partition coefficient (Wildman–Crippen LogP) is 20.4. The van der Waals surface area contributed by atoms with Gasteiger partial charge in [0.25, 0.3) is 0 Å². The Balaban J connectivity index is 1.01. The molecule has 0 N–H and O–H groups in total. The van der Waals surface area contributed by atoms with Crippen LogP contribution in [0.15, 0.2) is 243 Å². The third kappa shape index (κ3) is 7.72. The Labute approximate surface area is 434 Å². The average Bonchev–Trinajstić information content (AvgIpc) is 3.78. The summed E-state index contributed by atoms with van der Waals surface area (Å²) in [4.78, 5) is 2.49. The van der Waals surface area contributed by atoms with Gasteiger partial charge in [0.15, 0.2) is 0 Å². The van der Waals surface area contributed by atoms with Gasteiger partial charge in [-0.1, -0.05) is 224 Å². The molecule has 0 radical (unpaired) electrons. The van der Waals surface area contributed by atoms with E-state index in [1.807, 2.05) is 0 Å². The summed E-state index contributed by atoms with van der Waals surface area (Å²) in [5, 5.41) is 10.1. The number of nitrogens with zero attached hydrogens (tertiary/aromatic N) is 2. The van der Waals surface area contributed by atoms with Crippen LogP contribution in [0.5, 0.6) is 0 Å². The summed E-state index contributed by atoms with van der Waals surface area (Å²) in [6.07, 6.45) is 0. The summed E-state index contributed by atoms with van der Waals surface area (Å²) in [7, 11) is 0. The average molecular weight is 951 g/mol. The van der Waals surface area contributed by atoms with Crippen LogP contribution in [0.1, 0.15) is 52.7 Å². The Morgan fingerprint density at radius 3 is 1.36 bits per heavy atom. The fourth-order valence-corrected chi connectivity index (χ4v) is 11.5. The first-order valence-electron chi connectivity index (χ1n) is 26.1. The normalized spacial score (nSPS) is 12.2. The Bertz CT molecular complexity index is 4150. The molecular formula is C72H58N2. The molecule has 1 heterocycles.